The van der Waals surface area contributed by atoms with E-state index in [4.69, 9.17) is 14.2 Å². The maximum absolute atomic E-state index is 12.1. The summed E-state index contributed by atoms with van der Waals surface area (Å²) in [5.74, 6) is 1.49. The molecule has 0 unspecified atom stereocenters. The number of hydrogen-bond acceptors (Lipinski definition) is 4. The molecule has 6 heteroatoms. The highest BCUT2D eigenvalue weighted by Crippen LogP contribution is 2.35. The standard InChI is InChI=1S/C18H18INO4/c1-22-15-11-17(24-3)16(23-2)10-12(15)4-9-18(21)20-14-7-5-13(19)6-8-14/h4-11H,1-3H3,(H,20,21)/b9-4+. The van der Waals surface area contributed by atoms with E-state index in [0.717, 1.165) is 9.26 Å². The van der Waals surface area contributed by atoms with Crippen molar-refractivity contribution in [2.24, 2.45) is 0 Å². The molecule has 0 saturated heterocycles. The number of amides is 1. The van der Waals surface area contributed by atoms with Gasteiger partial charge >= 0.3 is 0 Å². The van der Waals surface area contributed by atoms with Crippen LogP contribution < -0.4 is 19.5 Å². The van der Waals surface area contributed by atoms with Crippen LogP contribution in [0.5, 0.6) is 17.2 Å². The molecule has 2 aromatic carbocycles. The third-order valence-corrected chi connectivity index (χ3v) is 3.98. The Kier molecular flexibility index (Phi) is 6.48. The van der Waals surface area contributed by atoms with Crippen molar-refractivity contribution in [2.75, 3.05) is 26.6 Å². The lowest BCUT2D eigenvalue weighted by Crippen LogP contribution is -2.07. The summed E-state index contributed by atoms with van der Waals surface area (Å²) < 4.78 is 17.0. The second-order valence-corrected chi connectivity index (χ2v) is 6.02. The Morgan fingerprint density at radius 1 is 0.958 bits per heavy atom. The molecule has 0 radical (unpaired) electrons. The van der Waals surface area contributed by atoms with E-state index in [1.165, 1.54) is 6.08 Å². The minimum Gasteiger partial charge on any atom is -0.496 e. The van der Waals surface area contributed by atoms with E-state index in [2.05, 4.69) is 27.9 Å². The number of benzene rings is 2. The van der Waals surface area contributed by atoms with E-state index in [-0.39, 0.29) is 5.91 Å². The van der Waals surface area contributed by atoms with Gasteiger partial charge in [-0.25, -0.2) is 0 Å². The van der Waals surface area contributed by atoms with Crippen molar-refractivity contribution >= 4 is 40.3 Å². The molecular formula is C18H18INO4. The van der Waals surface area contributed by atoms with Crippen LogP contribution >= 0.6 is 22.6 Å². The monoisotopic (exact) mass is 439 g/mol. The van der Waals surface area contributed by atoms with Crippen LogP contribution in [0.4, 0.5) is 5.69 Å². The molecule has 1 N–H and O–H groups in total. The fourth-order valence-corrected chi connectivity index (χ4v) is 2.43. The first-order chi connectivity index (χ1) is 11.6. The fraction of sp³-hybridized carbons (Fsp3) is 0.167. The van der Waals surface area contributed by atoms with E-state index in [1.807, 2.05) is 24.3 Å². The lowest BCUT2D eigenvalue weighted by molar-refractivity contribution is -0.111. The molecule has 0 bridgehead atoms. The Labute approximate surface area is 154 Å². The molecule has 126 valence electrons. The van der Waals surface area contributed by atoms with Crippen molar-refractivity contribution in [3.8, 4) is 17.2 Å². The number of rotatable bonds is 6. The quantitative estimate of drug-likeness (QED) is 0.547. The molecule has 0 saturated carbocycles. The average Bonchev–Trinajstić information content (AvgIpc) is 2.61. The van der Waals surface area contributed by atoms with E-state index in [1.54, 1.807) is 39.5 Å². The van der Waals surface area contributed by atoms with Gasteiger partial charge in [0, 0.05) is 27.0 Å². The van der Waals surface area contributed by atoms with Gasteiger partial charge in [-0.05, 0) is 59.0 Å². The van der Waals surface area contributed by atoms with Gasteiger partial charge in [-0.1, -0.05) is 0 Å². The average molecular weight is 439 g/mol. The lowest BCUT2D eigenvalue weighted by atomic mass is 10.1. The van der Waals surface area contributed by atoms with E-state index < -0.39 is 0 Å². The number of nitrogens with one attached hydrogen (secondary N) is 1. The largest absolute Gasteiger partial charge is 0.496 e. The molecule has 0 spiro atoms. The predicted molar refractivity (Wildman–Crippen MR) is 103 cm³/mol. The summed E-state index contributed by atoms with van der Waals surface area (Å²) in [6.45, 7) is 0. The first kappa shape index (κ1) is 18.1. The number of hydrogen-bond donors (Lipinski definition) is 1. The van der Waals surface area contributed by atoms with Crippen LogP contribution in [-0.4, -0.2) is 27.2 Å². The lowest BCUT2D eigenvalue weighted by Gasteiger charge is -2.12. The maximum atomic E-state index is 12.1. The van der Waals surface area contributed by atoms with Crippen LogP contribution in [0.15, 0.2) is 42.5 Å². The van der Waals surface area contributed by atoms with Gasteiger partial charge in [-0.3, -0.25) is 4.79 Å². The highest BCUT2D eigenvalue weighted by atomic mass is 127. The summed E-state index contributed by atoms with van der Waals surface area (Å²) in [6.07, 6.45) is 3.12. The highest BCUT2D eigenvalue weighted by molar-refractivity contribution is 14.1. The van der Waals surface area contributed by atoms with E-state index in [9.17, 15) is 4.79 Å². The second-order valence-electron chi connectivity index (χ2n) is 4.78. The Hall–Kier alpha value is -2.22. The Morgan fingerprint density at radius 2 is 1.54 bits per heavy atom. The van der Waals surface area contributed by atoms with E-state index in [0.29, 0.717) is 22.8 Å². The Morgan fingerprint density at radius 3 is 2.12 bits per heavy atom. The Bertz CT molecular complexity index is 741. The predicted octanol–water partition coefficient (Wildman–Crippen LogP) is 3.97. The number of anilines is 1. The third kappa shape index (κ3) is 4.64. The third-order valence-electron chi connectivity index (χ3n) is 3.26. The zero-order valence-electron chi connectivity index (χ0n) is 13.6. The van der Waals surface area contributed by atoms with Crippen LogP contribution in [0.1, 0.15) is 5.56 Å². The second kappa shape index (κ2) is 8.58. The summed E-state index contributed by atoms with van der Waals surface area (Å²) in [5.41, 5.74) is 1.46. The minimum absolute atomic E-state index is 0.229. The maximum Gasteiger partial charge on any atom is 0.248 e. The molecule has 0 heterocycles. The van der Waals surface area contributed by atoms with Crippen LogP contribution in [0.3, 0.4) is 0 Å². The summed E-state index contributed by atoms with van der Waals surface area (Å²) >= 11 is 2.21. The number of carbonyl (C=O) groups excluding carboxylic acids is 1. The molecule has 2 rings (SSSR count). The zero-order chi connectivity index (χ0) is 17.5. The van der Waals surface area contributed by atoms with E-state index >= 15 is 0 Å². The van der Waals surface area contributed by atoms with Gasteiger partial charge in [0.2, 0.25) is 5.91 Å². The fourth-order valence-electron chi connectivity index (χ4n) is 2.07. The number of carbonyl (C=O) groups is 1. The van der Waals surface area contributed by atoms with Gasteiger partial charge in [-0.2, -0.15) is 0 Å². The van der Waals surface area contributed by atoms with Crippen molar-refractivity contribution in [3.05, 3.63) is 51.6 Å². The topological polar surface area (TPSA) is 56.8 Å². The summed E-state index contributed by atoms with van der Waals surface area (Å²) in [4.78, 5) is 12.1. The molecule has 0 aliphatic heterocycles. The molecule has 0 atom stereocenters. The summed E-state index contributed by atoms with van der Waals surface area (Å²) in [7, 11) is 4.67. The molecule has 0 aliphatic carbocycles. The van der Waals surface area contributed by atoms with Gasteiger partial charge in [0.25, 0.3) is 0 Å². The first-order valence-corrected chi connectivity index (χ1v) is 8.20. The number of ether oxygens (including phenoxy) is 3. The molecule has 5 nitrogen and oxygen atoms in total. The molecule has 0 fully saturated rings. The van der Waals surface area contributed by atoms with Crippen LogP contribution in [-0.2, 0) is 4.79 Å². The van der Waals surface area contributed by atoms with Crippen molar-refractivity contribution in [1.29, 1.82) is 0 Å². The SMILES string of the molecule is COc1cc(OC)c(OC)cc1/C=C/C(=O)Nc1ccc(I)cc1. The van der Waals surface area contributed by atoms with Gasteiger partial charge in [0.1, 0.15) is 5.75 Å². The summed E-state index contributed by atoms with van der Waals surface area (Å²) in [5, 5.41) is 2.80. The van der Waals surface area contributed by atoms with Crippen molar-refractivity contribution < 1.29 is 19.0 Å². The molecule has 0 aromatic heterocycles. The van der Waals surface area contributed by atoms with Crippen molar-refractivity contribution in [2.45, 2.75) is 0 Å². The molecule has 24 heavy (non-hydrogen) atoms. The molecule has 2 aromatic rings. The summed E-state index contributed by atoms with van der Waals surface area (Å²) in [6, 6.07) is 11.0. The smallest absolute Gasteiger partial charge is 0.248 e. The van der Waals surface area contributed by atoms with Gasteiger partial charge in [0.05, 0.1) is 21.3 Å². The normalized spacial score (nSPS) is 10.5. The Balaban J connectivity index is 2.17. The van der Waals surface area contributed by atoms with Crippen LogP contribution in [0.2, 0.25) is 0 Å². The van der Waals surface area contributed by atoms with Gasteiger partial charge in [0.15, 0.2) is 11.5 Å². The molecule has 0 aliphatic rings. The zero-order valence-corrected chi connectivity index (χ0v) is 15.8. The van der Waals surface area contributed by atoms with Crippen LogP contribution in [0.25, 0.3) is 6.08 Å². The van der Waals surface area contributed by atoms with Crippen molar-refractivity contribution in [3.63, 3.8) is 0 Å². The minimum atomic E-state index is -0.229. The highest BCUT2D eigenvalue weighted by Gasteiger charge is 2.10. The molecule has 1 amide bonds. The molecular weight excluding hydrogens is 421 g/mol. The van der Waals surface area contributed by atoms with Crippen LogP contribution in [0, 0.1) is 3.57 Å². The first-order valence-electron chi connectivity index (χ1n) is 7.12. The van der Waals surface area contributed by atoms with Gasteiger partial charge < -0.3 is 19.5 Å². The number of methoxy groups -OCH3 is 3. The van der Waals surface area contributed by atoms with Gasteiger partial charge in [-0.15, -0.1) is 0 Å². The van der Waals surface area contributed by atoms with Crippen molar-refractivity contribution in [1.82, 2.24) is 0 Å². The number of halogens is 1.